The van der Waals surface area contributed by atoms with Crippen molar-refractivity contribution in [1.29, 1.82) is 0 Å². The molecule has 2 aliphatic rings. The van der Waals surface area contributed by atoms with Crippen LogP contribution in [-0.4, -0.2) is 40.8 Å². The molecule has 2 fully saturated rings. The maximum absolute atomic E-state index is 5.67. The third kappa shape index (κ3) is 3.20. The van der Waals surface area contributed by atoms with Crippen molar-refractivity contribution in [3.8, 4) is 0 Å². The van der Waals surface area contributed by atoms with Crippen LogP contribution in [0.25, 0.3) is 10.2 Å². The fourth-order valence-electron chi connectivity index (χ4n) is 3.41. The first kappa shape index (κ1) is 15.3. The predicted octanol–water partition coefficient (Wildman–Crippen LogP) is 3.49. The molecule has 4 nitrogen and oxygen atoms in total. The van der Waals surface area contributed by atoms with E-state index in [1.54, 1.807) is 11.3 Å². The van der Waals surface area contributed by atoms with E-state index in [0.29, 0.717) is 12.1 Å². The number of nitrogens with one attached hydrogen (secondary N) is 1. The Bertz CT molecular complexity index is 663. The molecule has 1 aromatic carbocycles. The summed E-state index contributed by atoms with van der Waals surface area (Å²) in [7, 11) is 0. The topological polar surface area (TPSA) is 37.4 Å². The van der Waals surface area contributed by atoms with Crippen LogP contribution in [0.4, 0.5) is 0 Å². The summed E-state index contributed by atoms with van der Waals surface area (Å²) in [4.78, 5) is 7.14. The molecule has 0 aliphatic carbocycles. The van der Waals surface area contributed by atoms with Gasteiger partial charge in [0.15, 0.2) is 5.11 Å². The van der Waals surface area contributed by atoms with E-state index in [1.165, 1.54) is 16.1 Å². The minimum atomic E-state index is 0.316. The van der Waals surface area contributed by atoms with Gasteiger partial charge in [0.1, 0.15) is 5.01 Å². The molecule has 1 aromatic heterocycles. The van der Waals surface area contributed by atoms with Gasteiger partial charge in [-0.1, -0.05) is 12.1 Å². The molecule has 1 N–H and O–H groups in total. The van der Waals surface area contributed by atoms with E-state index in [1.807, 2.05) is 6.07 Å². The molecule has 0 radical (unpaired) electrons. The van der Waals surface area contributed by atoms with Crippen LogP contribution in [0.15, 0.2) is 24.3 Å². The van der Waals surface area contributed by atoms with Crippen molar-refractivity contribution in [3.05, 3.63) is 29.3 Å². The Morgan fingerprint density at radius 3 is 3.09 bits per heavy atom. The van der Waals surface area contributed by atoms with Crippen LogP contribution in [0, 0.1) is 0 Å². The maximum atomic E-state index is 5.67. The first-order valence-corrected chi connectivity index (χ1v) is 9.55. The monoisotopic (exact) mass is 347 g/mol. The Balaban J connectivity index is 1.46. The molecule has 0 saturated carbocycles. The Hall–Kier alpha value is -1.24. The number of nitrogens with zero attached hydrogens (tertiary/aromatic N) is 2. The molecule has 23 heavy (non-hydrogen) atoms. The molecule has 6 heteroatoms. The minimum absolute atomic E-state index is 0.316. The normalized spacial score (nSPS) is 24.4. The lowest BCUT2D eigenvalue weighted by Gasteiger charge is -2.27. The van der Waals surface area contributed by atoms with E-state index in [9.17, 15) is 0 Å². The molecule has 2 aliphatic heterocycles. The first-order chi connectivity index (χ1) is 11.3. The van der Waals surface area contributed by atoms with Gasteiger partial charge in [0.2, 0.25) is 0 Å². The largest absolute Gasteiger partial charge is 0.376 e. The molecule has 2 atom stereocenters. The number of thiazole rings is 1. The summed E-state index contributed by atoms with van der Waals surface area (Å²) in [5.41, 5.74) is 1.09. The maximum Gasteiger partial charge on any atom is 0.169 e. The van der Waals surface area contributed by atoms with E-state index in [-0.39, 0.29) is 0 Å². The number of benzene rings is 1. The van der Waals surface area contributed by atoms with Crippen molar-refractivity contribution in [3.63, 3.8) is 0 Å². The fourth-order valence-corrected chi connectivity index (χ4v) is 4.82. The Kier molecular flexibility index (Phi) is 4.46. The number of hydrogen-bond donors (Lipinski definition) is 1. The number of ether oxygens (including phenoxy) is 1. The molecule has 4 rings (SSSR count). The number of aromatic nitrogens is 1. The highest BCUT2D eigenvalue weighted by Gasteiger charge is 2.30. The van der Waals surface area contributed by atoms with Gasteiger partial charge in [-0.05, 0) is 50.0 Å². The SMILES string of the molecule is S=C(NC[C@H]1CCCO1)N1CCC[C@H]1c1nc2ccccc2s1. The molecule has 3 heterocycles. The van der Waals surface area contributed by atoms with Crippen LogP contribution in [0.1, 0.15) is 36.7 Å². The quantitative estimate of drug-likeness (QED) is 0.861. The highest BCUT2D eigenvalue weighted by atomic mass is 32.1. The van der Waals surface area contributed by atoms with Gasteiger partial charge < -0.3 is 15.0 Å². The van der Waals surface area contributed by atoms with Gasteiger partial charge in [0, 0.05) is 19.7 Å². The van der Waals surface area contributed by atoms with Gasteiger partial charge in [-0.15, -0.1) is 11.3 Å². The summed E-state index contributed by atoms with van der Waals surface area (Å²) in [6.07, 6.45) is 4.91. The second kappa shape index (κ2) is 6.71. The summed E-state index contributed by atoms with van der Waals surface area (Å²) >= 11 is 7.44. The zero-order chi connectivity index (χ0) is 15.6. The van der Waals surface area contributed by atoms with Crippen molar-refractivity contribution in [2.75, 3.05) is 19.7 Å². The third-order valence-corrected chi connectivity index (χ3v) is 6.13. The molecular weight excluding hydrogens is 326 g/mol. The van der Waals surface area contributed by atoms with Crippen LogP contribution in [0.5, 0.6) is 0 Å². The highest BCUT2D eigenvalue weighted by molar-refractivity contribution is 7.80. The zero-order valence-corrected chi connectivity index (χ0v) is 14.7. The number of para-hydroxylation sites is 1. The van der Waals surface area contributed by atoms with Gasteiger partial charge in [-0.3, -0.25) is 0 Å². The molecular formula is C17H21N3OS2. The molecule has 2 aromatic rings. The summed E-state index contributed by atoms with van der Waals surface area (Å²) in [6, 6.07) is 8.67. The molecule has 0 spiro atoms. The highest BCUT2D eigenvalue weighted by Crippen LogP contribution is 2.36. The molecule has 0 bridgehead atoms. The lowest BCUT2D eigenvalue weighted by Crippen LogP contribution is -2.42. The summed E-state index contributed by atoms with van der Waals surface area (Å²) in [5, 5.41) is 5.44. The van der Waals surface area contributed by atoms with Gasteiger partial charge in [0.05, 0.1) is 22.4 Å². The predicted molar refractivity (Wildman–Crippen MR) is 97.9 cm³/mol. The fraction of sp³-hybridized carbons (Fsp3) is 0.529. The summed E-state index contributed by atoms with van der Waals surface area (Å²) < 4.78 is 6.92. The lowest BCUT2D eigenvalue weighted by atomic mass is 10.2. The van der Waals surface area contributed by atoms with Crippen LogP contribution >= 0.6 is 23.6 Å². The average Bonchev–Trinajstić information content (AvgIpc) is 3.31. The van der Waals surface area contributed by atoms with Crippen LogP contribution in [0.2, 0.25) is 0 Å². The molecule has 122 valence electrons. The molecule has 2 saturated heterocycles. The summed E-state index contributed by atoms with van der Waals surface area (Å²) in [5.74, 6) is 0. The Labute approximate surface area is 145 Å². The number of fused-ring (bicyclic) bond motifs is 1. The van der Waals surface area contributed by atoms with Crippen molar-refractivity contribution in [2.45, 2.75) is 37.8 Å². The van der Waals surface area contributed by atoms with E-state index >= 15 is 0 Å². The van der Waals surface area contributed by atoms with Gasteiger partial charge >= 0.3 is 0 Å². The van der Waals surface area contributed by atoms with Crippen LogP contribution in [-0.2, 0) is 4.74 Å². The number of thiocarbonyl (C=S) groups is 1. The van der Waals surface area contributed by atoms with Gasteiger partial charge in [-0.25, -0.2) is 4.98 Å². The van der Waals surface area contributed by atoms with Crippen LogP contribution in [0.3, 0.4) is 0 Å². The van der Waals surface area contributed by atoms with Crippen LogP contribution < -0.4 is 5.32 Å². The second-order valence-electron chi connectivity index (χ2n) is 6.19. The van der Waals surface area contributed by atoms with Crippen molar-refractivity contribution < 1.29 is 4.74 Å². The van der Waals surface area contributed by atoms with E-state index in [2.05, 4.69) is 28.4 Å². The van der Waals surface area contributed by atoms with Gasteiger partial charge in [0.25, 0.3) is 0 Å². The van der Waals surface area contributed by atoms with Gasteiger partial charge in [-0.2, -0.15) is 0 Å². The van der Waals surface area contributed by atoms with Crippen molar-refractivity contribution in [1.82, 2.24) is 15.2 Å². The van der Waals surface area contributed by atoms with E-state index < -0.39 is 0 Å². The lowest BCUT2D eigenvalue weighted by molar-refractivity contribution is 0.113. The molecule has 0 unspecified atom stereocenters. The zero-order valence-electron chi connectivity index (χ0n) is 13.0. The minimum Gasteiger partial charge on any atom is -0.376 e. The Morgan fingerprint density at radius 2 is 2.26 bits per heavy atom. The first-order valence-electron chi connectivity index (χ1n) is 8.33. The number of hydrogen-bond acceptors (Lipinski definition) is 4. The second-order valence-corrected chi connectivity index (χ2v) is 7.64. The standard InChI is InChI=1S/C17H21N3OS2/c22-17(18-11-12-5-4-10-21-12)20-9-3-7-14(20)16-19-13-6-1-2-8-15(13)23-16/h1-2,6,8,12,14H,3-5,7,9-11H2,(H,18,22)/t12-,14+/m1/s1. The number of likely N-dealkylation sites (tertiary alicyclic amines) is 1. The Morgan fingerprint density at radius 1 is 1.35 bits per heavy atom. The van der Waals surface area contributed by atoms with Crippen molar-refractivity contribution in [2.24, 2.45) is 0 Å². The third-order valence-electron chi connectivity index (χ3n) is 4.61. The molecule has 0 amide bonds. The van der Waals surface area contributed by atoms with E-state index in [4.69, 9.17) is 21.9 Å². The smallest absolute Gasteiger partial charge is 0.169 e. The van der Waals surface area contributed by atoms with E-state index in [0.717, 1.165) is 49.6 Å². The number of rotatable bonds is 3. The van der Waals surface area contributed by atoms with Crippen molar-refractivity contribution >= 4 is 38.9 Å². The summed E-state index contributed by atoms with van der Waals surface area (Å²) in [6.45, 7) is 2.72. The average molecular weight is 348 g/mol.